The van der Waals surface area contributed by atoms with Gasteiger partial charge in [-0.2, -0.15) is 0 Å². The molecule has 19 heavy (non-hydrogen) atoms. The van der Waals surface area contributed by atoms with E-state index in [2.05, 4.69) is 41.2 Å². The summed E-state index contributed by atoms with van der Waals surface area (Å²) in [5.41, 5.74) is 4.84. The Kier molecular flexibility index (Phi) is 3.23. The van der Waals surface area contributed by atoms with Crippen LogP contribution in [0.3, 0.4) is 0 Å². The molecule has 94 valence electrons. The summed E-state index contributed by atoms with van der Waals surface area (Å²) in [5, 5.41) is 1.25. The molecule has 2 heterocycles. The number of nitrogens with zero attached hydrogens (tertiary/aromatic N) is 2. The molecule has 0 aliphatic carbocycles. The van der Waals surface area contributed by atoms with Crippen molar-refractivity contribution in [2.45, 2.75) is 19.8 Å². The van der Waals surface area contributed by atoms with Crippen LogP contribution in [-0.2, 0) is 12.8 Å². The molecule has 0 bridgehead atoms. The zero-order chi connectivity index (χ0) is 13.1. The number of hydrogen-bond acceptors (Lipinski definition) is 2. The van der Waals surface area contributed by atoms with E-state index >= 15 is 0 Å². The summed E-state index contributed by atoms with van der Waals surface area (Å²) in [7, 11) is 0. The van der Waals surface area contributed by atoms with Gasteiger partial charge >= 0.3 is 0 Å². The van der Waals surface area contributed by atoms with Gasteiger partial charge in [0.1, 0.15) is 0 Å². The van der Waals surface area contributed by atoms with Crippen LogP contribution in [0, 0.1) is 6.92 Å². The van der Waals surface area contributed by atoms with Gasteiger partial charge in [-0.1, -0.05) is 18.2 Å². The Bertz CT molecular complexity index is 690. The summed E-state index contributed by atoms with van der Waals surface area (Å²) in [6.45, 7) is 2.12. The minimum atomic E-state index is 0.967. The lowest BCUT2D eigenvalue weighted by Crippen LogP contribution is -1.96. The number of aromatic nitrogens is 2. The molecule has 0 amide bonds. The second-order valence-electron chi connectivity index (χ2n) is 4.82. The van der Waals surface area contributed by atoms with Crippen molar-refractivity contribution in [2.75, 3.05) is 0 Å². The predicted molar refractivity (Wildman–Crippen MR) is 78.1 cm³/mol. The van der Waals surface area contributed by atoms with Crippen LogP contribution >= 0.6 is 0 Å². The molecular weight excluding hydrogens is 232 g/mol. The van der Waals surface area contributed by atoms with E-state index in [1.54, 1.807) is 0 Å². The zero-order valence-corrected chi connectivity index (χ0v) is 11.0. The topological polar surface area (TPSA) is 25.8 Å². The van der Waals surface area contributed by atoms with Crippen LogP contribution in [0.1, 0.15) is 16.8 Å². The molecule has 2 nitrogen and oxygen atoms in total. The molecule has 0 atom stereocenters. The molecule has 0 N–H and O–H groups in total. The molecule has 3 rings (SSSR count). The Labute approximate surface area is 113 Å². The number of rotatable bonds is 3. The molecule has 0 unspecified atom stereocenters. The van der Waals surface area contributed by atoms with Crippen LogP contribution in [0.25, 0.3) is 10.9 Å². The average Bonchev–Trinajstić information content (AvgIpc) is 2.45. The first-order valence-electron chi connectivity index (χ1n) is 6.57. The second kappa shape index (κ2) is 5.19. The Morgan fingerprint density at radius 3 is 2.63 bits per heavy atom. The third-order valence-electron chi connectivity index (χ3n) is 3.33. The first-order chi connectivity index (χ1) is 9.33. The van der Waals surface area contributed by atoms with Crippen molar-refractivity contribution in [1.82, 2.24) is 9.97 Å². The van der Waals surface area contributed by atoms with Crippen molar-refractivity contribution in [3.8, 4) is 0 Å². The van der Waals surface area contributed by atoms with Crippen molar-refractivity contribution in [2.24, 2.45) is 0 Å². The monoisotopic (exact) mass is 248 g/mol. The number of benzene rings is 1. The predicted octanol–water partition coefficient (Wildman–Crippen LogP) is 3.72. The van der Waals surface area contributed by atoms with Crippen molar-refractivity contribution < 1.29 is 0 Å². The number of fused-ring (bicyclic) bond motifs is 1. The Morgan fingerprint density at radius 2 is 1.79 bits per heavy atom. The number of pyridine rings is 2. The quantitative estimate of drug-likeness (QED) is 0.706. The Hall–Kier alpha value is -2.22. The van der Waals surface area contributed by atoms with Gasteiger partial charge in [0.05, 0.1) is 5.52 Å². The third kappa shape index (κ3) is 2.63. The van der Waals surface area contributed by atoms with Gasteiger partial charge in [0.2, 0.25) is 0 Å². The molecule has 2 heteroatoms. The average molecular weight is 248 g/mol. The van der Waals surface area contributed by atoms with Gasteiger partial charge in [-0.15, -0.1) is 0 Å². The molecule has 1 aromatic carbocycles. The summed E-state index contributed by atoms with van der Waals surface area (Å²) in [4.78, 5) is 8.82. The zero-order valence-electron chi connectivity index (χ0n) is 11.0. The van der Waals surface area contributed by atoms with Gasteiger partial charge in [0.25, 0.3) is 0 Å². The van der Waals surface area contributed by atoms with Gasteiger partial charge in [0, 0.05) is 23.5 Å². The van der Waals surface area contributed by atoms with Crippen LogP contribution in [0.4, 0.5) is 0 Å². The van der Waals surface area contributed by atoms with E-state index in [0.29, 0.717) is 0 Å². The maximum Gasteiger partial charge on any atom is 0.0707 e. The van der Waals surface area contributed by atoms with Gasteiger partial charge in [0.15, 0.2) is 0 Å². The summed E-state index contributed by atoms with van der Waals surface area (Å²) in [6.07, 6.45) is 5.67. The number of hydrogen-bond donors (Lipinski definition) is 0. The third-order valence-corrected chi connectivity index (χ3v) is 3.33. The van der Waals surface area contributed by atoms with Crippen LogP contribution in [0.15, 0.2) is 54.9 Å². The molecule has 3 aromatic rings. The van der Waals surface area contributed by atoms with E-state index in [-0.39, 0.29) is 0 Å². The lowest BCUT2D eigenvalue weighted by atomic mass is 10.00. The Balaban J connectivity index is 1.92. The normalized spacial score (nSPS) is 10.8. The molecule has 0 spiro atoms. The summed E-state index contributed by atoms with van der Waals surface area (Å²) >= 11 is 0. The fraction of sp³-hybridized carbons (Fsp3) is 0.176. The van der Waals surface area contributed by atoms with E-state index in [1.807, 2.05) is 30.6 Å². The fourth-order valence-electron chi connectivity index (χ4n) is 2.43. The largest absolute Gasteiger partial charge is 0.261 e. The summed E-state index contributed by atoms with van der Waals surface area (Å²) in [6, 6.07) is 14.6. The first kappa shape index (κ1) is 11.8. The van der Waals surface area contributed by atoms with Crippen LogP contribution in [0.5, 0.6) is 0 Å². The van der Waals surface area contributed by atoms with Crippen molar-refractivity contribution in [3.05, 3.63) is 71.7 Å². The molecule has 0 radical (unpaired) electrons. The maximum atomic E-state index is 4.44. The SMILES string of the molecule is Cc1cc(CCc2ccccn2)c2cccnc2c1. The van der Waals surface area contributed by atoms with Crippen molar-refractivity contribution in [3.63, 3.8) is 0 Å². The highest BCUT2D eigenvalue weighted by Crippen LogP contribution is 2.20. The molecule has 0 aliphatic heterocycles. The lowest BCUT2D eigenvalue weighted by Gasteiger charge is -2.07. The van der Waals surface area contributed by atoms with Crippen molar-refractivity contribution >= 4 is 10.9 Å². The van der Waals surface area contributed by atoms with Gasteiger partial charge in [-0.25, -0.2) is 0 Å². The fourth-order valence-corrected chi connectivity index (χ4v) is 2.43. The van der Waals surface area contributed by atoms with Gasteiger partial charge in [-0.05, 0) is 55.2 Å². The molecule has 0 aliphatic rings. The summed E-state index contributed by atoms with van der Waals surface area (Å²) < 4.78 is 0. The van der Waals surface area contributed by atoms with Crippen molar-refractivity contribution in [1.29, 1.82) is 0 Å². The molecular formula is C17H16N2. The second-order valence-corrected chi connectivity index (χ2v) is 4.82. The summed E-state index contributed by atoms with van der Waals surface area (Å²) in [5.74, 6) is 0. The van der Waals surface area contributed by atoms with Crippen LogP contribution in [0.2, 0.25) is 0 Å². The lowest BCUT2D eigenvalue weighted by molar-refractivity contribution is 0.918. The number of aryl methyl sites for hydroxylation is 3. The van der Waals surface area contributed by atoms with E-state index in [9.17, 15) is 0 Å². The van der Waals surface area contributed by atoms with E-state index in [0.717, 1.165) is 24.1 Å². The maximum absolute atomic E-state index is 4.44. The Morgan fingerprint density at radius 1 is 0.895 bits per heavy atom. The molecule has 2 aromatic heterocycles. The highest BCUT2D eigenvalue weighted by molar-refractivity contribution is 5.82. The highest BCUT2D eigenvalue weighted by atomic mass is 14.7. The minimum absolute atomic E-state index is 0.967. The van der Waals surface area contributed by atoms with Gasteiger partial charge in [-0.3, -0.25) is 9.97 Å². The molecule has 0 saturated heterocycles. The molecule has 0 saturated carbocycles. The standard InChI is InChI=1S/C17H16N2/c1-13-11-14(7-8-15-5-2-3-9-18-15)16-6-4-10-19-17(16)12-13/h2-6,9-12H,7-8H2,1H3. The first-order valence-corrected chi connectivity index (χ1v) is 6.57. The highest BCUT2D eigenvalue weighted by Gasteiger charge is 2.04. The minimum Gasteiger partial charge on any atom is -0.261 e. The van der Waals surface area contributed by atoms with Gasteiger partial charge < -0.3 is 0 Å². The smallest absolute Gasteiger partial charge is 0.0707 e. The van der Waals surface area contributed by atoms with E-state index in [4.69, 9.17) is 0 Å². The van der Waals surface area contributed by atoms with E-state index < -0.39 is 0 Å². The molecule has 0 fully saturated rings. The van der Waals surface area contributed by atoms with E-state index in [1.165, 1.54) is 16.5 Å². The van der Waals surface area contributed by atoms with Crippen LogP contribution in [-0.4, -0.2) is 9.97 Å². The van der Waals surface area contributed by atoms with Crippen LogP contribution < -0.4 is 0 Å².